The lowest BCUT2D eigenvalue weighted by atomic mass is 10.1. The summed E-state index contributed by atoms with van der Waals surface area (Å²) in [5.74, 6) is 0.845. The van der Waals surface area contributed by atoms with E-state index in [1.807, 2.05) is 36.4 Å². The van der Waals surface area contributed by atoms with Crippen molar-refractivity contribution in [3.63, 3.8) is 0 Å². The number of anilines is 2. The van der Waals surface area contributed by atoms with E-state index in [1.54, 1.807) is 13.2 Å². The van der Waals surface area contributed by atoms with Crippen LogP contribution in [0.3, 0.4) is 0 Å². The molecule has 1 aromatic heterocycles. The van der Waals surface area contributed by atoms with Gasteiger partial charge >= 0.3 is 0 Å². The molecule has 0 radical (unpaired) electrons. The summed E-state index contributed by atoms with van der Waals surface area (Å²) in [4.78, 5) is 18.3. The van der Waals surface area contributed by atoms with Crippen LogP contribution in [0.1, 0.15) is 28.8 Å². The molecule has 0 unspecified atom stereocenters. The molecule has 0 bridgehead atoms. The molecule has 0 aliphatic carbocycles. The maximum absolute atomic E-state index is 11.6. The van der Waals surface area contributed by atoms with E-state index in [2.05, 4.69) is 20.5 Å². The van der Waals surface area contributed by atoms with Crippen LogP contribution < -0.4 is 15.5 Å². The number of aromatic nitrogens is 1. The zero-order valence-corrected chi connectivity index (χ0v) is 14.4. The molecule has 1 saturated heterocycles. The molecule has 3 N–H and O–H groups in total. The second kappa shape index (κ2) is 7.98. The van der Waals surface area contributed by atoms with Gasteiger partial charge in [0.2, 0.25) is 0 Å². The molecule has 1 aliphatic rings. The van der Waals surface area contributed by atoms with Crippen molar-refractivity contribution in [2.75, 3.05) is 30.4 Å². The van der Waals surface area contributed by atoms with Crippen molar-refractivity contribution in [2.24, 2.45) is 0 Å². The van der Waals surface area contributed by atoms with Crippen LogP contribution in [0.2, 0.25) is 0 Å². The number of aliphatic hydroxyl groups is 1. The predicted molar refractivity (Wildman–Crippen MR) is 98.8 cm³/mol. The first-order valence-electron chi connectivity index (χ1n) is 8.60. The number of nitrogens with one attached hydrogen (secondary N) is 2. The molecule has 0 atom stereocenters. The summed E-state index contributed by atoms with van der Waals surface area (Å²) in [6.45, 7) is 2.28. The first-order valence-corrected chi connectivity index (χ1v) is 8.60. The van der Waals surface area contributed by atoms with Crippen LogP contribution in [0, 0.1) is 0 Å². The van der Waals surface area contributed by atoms with Crippen LogP contribution in [0.15, 0.2) is 42.6 Å². The van der Waals surface area contributed by atoms with Crippen molar-refractivity contribution >= 4 is 17.4 Å². The first-order chi connectivity index (χ1) is 12.2. The number of pyridine rings is 1. The molecule has 25 heavy (non-hydrogen) atoms. The third-order valence-corrected chi connectivity index (χ3v) is 4.48. The summed E-state index contributed by atoms with van der Waals surface area (Å²) in [5.41, 5.74) is 2.73. The maximum Gasteiger partial charge on any atom is 0.251 e. The normalized spacial score (nSPS) is 15.0. The number of aliphatic hydroxyl groups excluding tert-OH is 1. The van der Waals surface area contributed by atoms with E-state index < -0.39 is 0 Å². The van der Waals surface area contributed by atoms with Gasteiger partial charge in [0.25, 0.3) is 5.91 Å². The predicted octanol–water partition coefficient (Wildman–Crippen LogP) is 2.01. The van der Waals surface area contributed by atoms with E-state index in [9.17, 15) is 9.90 Å². The molecule has 132 valence electrons. The lowest BCUT2D eigenvalue weighted by Gasteiger charge is -2.31. The Labute approximate surface area is 147 Å². The average molecular weight is 340 g/mol. The second-order valence-electron chi connectivity index (χ2n) is 6.22. The fourth-order valence-corrected chi connectivity index (χ4v) is 2.98. The number of rotatable bonds is 5. The molecule has 0 spiro atoms. The molecule has 0 saturated carbocycles. The third kappa shape index (κ3) is 4.28. The SMILES string of the molecule is CNC(=O)c1ccc(CNc2cccnc2N2CCC(O)CC2)cc1. The number of carbonyl (C=O) groups is 1. The molecular weight excluding hydrogens is 316 g/mol. The van der Waals surface area contributed by atoms with Crippen molar-refractivity contribution in [1.82, 2.24) is 10.3 Å². The summed E-state index contributed by atoms with van der Waals surface area (Å²) >= 11 is 0. The largest absolute Gasteiger partial charge is 0.393 e. The summed E-state index contributed by atoms with van der Waals surface area (Å²) in [6, 6.07) is 11.5. The minimum Gasteiger partial charge on any atom is -0.393 e. The van der Waals surface area contributed by atoms with E-state index in [-0.39, 0.29) is 12.0 Å². The van der Waals surface area contributed by atoms with E-state index >= 15 is 0 Å². The van der Waals surface area contributed by atoms with Gasteiger partial charge in [0.1, 0.15) is 0 Å². The van der Waals surface area contributed by atoms with Crippen molar-refractivity contribution in [3.8, 4) is 0 Å². The Balaban J connectivity index is 1.66. The monoisotopic (exact) mass is 340 g/mol. The molecule has 2 aromatic rings. The molecule has 6 nitrogen and oxygen atoms in total. The Morgan fingerprint density at radius 1 is 1.24 bits per heavy atom. The van der Waals surface area contributed by atoms with Gasteiger partial charge in [0, 0.05) is 38.4 Å². The van der Waals surface area contributed by atoms with Gasteiger partial charge in [-0.3, -0.25) is 4.79 Å². The van der Waals surface area contributed by atoms with Crippen LogP contribution in [-0.4, -0.2) is 42.2 Å². The quantitative estimate of drug-likeness (QED) is 0.776. The molecule has 1 aromatic carbocycles. The lowest BCUT2D eigenvalue weighted by Crippen LogP contribution is -2.36. The van der Waals surface area contributed by atoms with E-state index in [0.717, 1.165) is 43.0 Å². The van der Waals surface area contributed by atoms with Crippen LogP contribution in [0.5, 0.6) is 0 Å². The summed E-state index contributed by atoms with van der Waals surface area (Å²) in [6.07, 6.45) is 3.15. The van der Waals surface area contributed by atoms with Gasteiger partial charge in [-0.15, -0.1) is 0 Å². The van der Waals surface area contributed by atoms with Gasteiger partial charge in [-0.05, 0) is 42.7 Å². The topological polar surface area (TPSA) is 77.5 Å². The highest BCUT2D eigenvalue weighted by atomic mass is 16.3. The highest BCUT2D eigenvalue weighted by molar-refractivity contribution is 5.93. The molecular formula is C19H24N4O2. The molecule has 1 aliphatic heterocycles. The third-order valence-electron chi connectivity index (χ3n) is 4.48. The van der Waals surface area contributed by atoms with Crippen molar-refractivity contribution in [2.45, 2.75) is 25.5 Å². The van der Waals surface area contributed by atoms with Gasteiger partial charge < -0.3 is 20.6 Å². The fraction of sp³-hybridized carbons (Fsp3) is 0.368. The smallest absolute Gasteiger partial charge is 0.251 e. The highest BCUT2D eigenvalue weighted by Crippen LogP contribution is 2.26. The Morgan fingerprint density at radius 3 is 2.64 bits per heavy atom. The zero-order chi connectivity index (χ0) is 17.6. The van der Waals surface area contributed by atoms with Crippen molar-refractivity contribution in [3.05, 3.63) is 53.7 Å². The maximum atomic E-state index is 11.6. The van der Waals surface area contributed by atoms with Gasteiger partial charge in [-0.1, -0.05) is 12.1 Å². The Morgan fingerprint density at radius 2 is 1.96 bits per heavy atom. The number of benzene rings is 1. The number of piperidine rings is 1. The van der Waals surface area contributed by atoms with Crippen LogP contribution in [0.25, 0.3) is 0 Å². The summed E-state index contributed by atoms with van der Waals surface area (Å²) in [5, 5.41) is 15.7. The van der Waals surface area contributed by atoms with Crippen LogP contribution in [-0.2, 0) is 6.54 Å². The molecule has 1 amide bonds. The highest BCUT2D eigenvalue weighted by Gasteiger charge is 2.20. The lowest BCUT2D eigenvalue weighted by molar-refractivity contribution is 0.0963. The van der Waals surface area contributed by atoms with E-state index in [0.29, 0.717) is 12.1 Å². The Hall–Kier alpha value is -2.60. The second-order valence-corrected chi connectivity index (χ2v) is 6.22. The van der Waals surface area contributed by atoms with Gasteiger partial charge in [0.05, 0.1) is 11.8 Å². The van der Waals surface area contributed by atoms with Crippen molar-refractivity contribution in [1.29, 1.82) is 0 Å². The first kappa shape index (κ1) is 17.2. The summed E-state index contributed by atoms with van der Waals surface area (Å²) < 4.78 is 0. The van der Waals surface area contributed by atoms with Gasteiger partial charge in [-0.25, -0.2) is 4.98 Å². The summed E-state index contributed by atoms with van der Waals surface area (Å²) in [7, 11) is 1.63. The Bertz CT molecular complexity index is 710. The average Bonchev–Trinajstić information content (AvgIpc) is 2.67. The number of amides is 1. The molecule has 1 fully saturated rings. The molecule has 3 rings (SSSR count). The van der Waals surface area contributed by atoms with Gasteiger partial charge in [-0.2, -0.15) is 0 Å². The molecule has 2 heterocycles. The number of nitrogens with zero attached hydrogens (tertiary/aromatic N) is 2. The number of hydrogen-bond acceptors (Lipinski definition) is 5. The molecule has 6 heteroatoms. The van der Waals surface area contributed by atoms with Crippen molar-refractivity contribution < 1.29 is 9.90 Å². The minimum atomic E-state index is -0.199. The number of hydrogen-bond donors (Lipinski definition) is 3. The standard InChI is InChI=1S/C19H24N4O2/c1-20-19(25)15-6-4-14(5-7-15)13-22-17-3-2-10-21-18(17)23-11-8-16(24)9-12-23/h2-7,10,16,22,24H,8-9,11-13H2,1H3,(H,20,25). The number of carbonyl (C=O) groups excluding carboxylic acids is 1. The Kier molecular flexibility index (Phi) is 5.50. The fourth-order valence-electron chi connectivity index (χ4n) is 2.98. The van der Waals surface area contributed by atoms with Crippen LogP contribution in [0.4, 0.5) is 11.5 Å². The zero-order valence-electron chi connectivity index (χ0n) is 14.4. The van der Waals surface area contributed by atoms with Gasteiger partial charge in [0.15, 0.2) is 5.82 Å². The minimum absolute atomic E-state index is 0.0821. The van der Waals surface area contributed by atoms with E-state index in [4.69, 9.17) is 0 Å². The van der Waals surface area contributed by atoms with Crippen LogP contribution >= 0.6 is 0 Å². The van der Waals surface area contributed by atoms with E-state index in [1.165, 1.54) is 0 Å².